The summed E-state index contributed by atoms with van der Waals surface area (Å²) in [6, 6.07) is -0.647. The highest BCUT2D eigenvalue weighted by Gasteiger charge is 2.29. The smallest absolute Gasteiger partial charge is 0.407 e. The fraction of sp³-hybridized carbons (Fsp3) is 0.667. The van der Waals surface area contributed by atoms with E-state index in [1.165, 1.54) is 13.3 Å². The number of nitrogens with one attached hydrogen (secondary N) is 2. The van der Waals surface area contributed by atoms with Crippen molar-refractivity contribution in [3.05, 3.63) is 12.0 Å². The Morgan fingerprint density at radius 3 is 2.65 bits per heavy atom. The van der Waals surface area contributed by atoms with Gasteiger partial charge in [0.05, 0.1) is 13.7 Å². The van der Waals surface area contributed by atoms with Crippen molar-refractivity contribution in [3.8, 4) is 0 Å². The summed E-state index contributed by atoms with van der Waals surface area (Å²) in [4.78, 5) is 33.1. The van der Waals surface area contributed by atoms with Crippen molar-refractivity contribution in [2.75, 3.05) is 13.7 Å². The Hall–Kier alpha value is -1.99. The molecule has 2 N–H and O–H groups in total. The average molecular weight is 320 g/mol. The van der Waals surface area contributed by atoms with Gasteiger partial charge in [-0.3, -0.25) is 4.79 Å². The lowest BCUT2D eigenvalue weighted by atomic mass is 10.0. The molecule has 0 fully saturated rings. The molecule has 0 saturated carbocycles. The Bertz CT molecular complexity index is 519. The van der Waals surface area contributed by atoms with Crippen LogP contribution < -0.4 is 10.9 Å². The van der Waals surface area contributed by atoms with Crippen LogP contribution in [-0.4, -0.2) is 54.4 Å². The Labute approximate surface area is 138 Å². The van der Waals surface area contributed by atoms with Crippen LogP contribution in [0.2, 0.25) is 0 Å². The van der Waals surface area contributed by atoms with E-state index in [4.69, 9.17) is 7.85 Å². The van der Waals surface area contributed by atoms with Gasteiger partial charge in [-0.05, 0) is 17.9 Å². The molecule has 0 spiro atoms. The predicted molar refractivity (Wildman–Crippen MR) is 88.5 cm³/mol. The minimum atomic E-state index is -0.647. The fourth-order valence-corrected chi connectivity index (χ4v) is 2.15. The number of hydrogen-bond donors (Lipinski definition) is 2. The molecule has 0 bridgehead atoms. The van der Waals surface area contributed by atoms with Gasteiger partial charge in [0.15, 0.2) is 0 Å². The second-order valence-corrected chi connectivity index (χ2v) is 5.76. The number of rotatable bonds is 8. The highest BCUT2D eigenvalue weighted by molar-refractivity contribution is 6.30. The monoisotopic (exact) mass is 320 g/mol. The van der Waals surface area contributed by atoms with Gasteiger partial charge < -0.3 is 19.9 Å². The lowest BCUT2D eigenvalue weighted by Gasteiger charge is -2.29. The van der Waals surface area contributed by atoms with Gasteiger partial charge in [-0.1, -0.05) is 27.2 Å². The van der Waals surface area contributed by atoms with Crippen molar-refractivity contribution in [2.24, 2.45) is 5.92 Å². The van der Waals surface area contributed by atoms with Crippen molar-refractivity contribution in [3.63, 3.8) is 0 Å². The molecule has 0 aromatic carbocycles. The number of imidazole rings is 1. The third kappa shape index (κ3) is 5.96. The Morgan fingerprint density at radius 1 is 1.48 bits per heavy atom. The maximum atomic E-state index is 12.8. The summed E-state index contributed by atoms with van der Waals surface area (Å²) in [5.74, 6) is 0.397. The number of methoxy groups -OCH3 is 1. The molecule has 1 aromatic heterocycles. The molecule has 8 heteroatoms. The summed E-state index contributed by atoms with van der Waals surface area (Å²) in [5, 5.41) is 2.61. The maximum absolute atomic E-state index is 12.8. The zero-order valence-corrected chi connectivity index (χ0v) is 14.3. The first-order chi connectivity index (χ1) is 10.9. The largest absolute Gasteiger partial charge is 0.453 e. The third-order valence-corrected chi connectivity index (χ3v) is 3.47. The second kappa shape index (κ2) is 9.22. The first-order valence-electron chi connectivity index (χ1n) is 7.81. The number of H-pyrrole nitrogens is 1. The number of alkyl carbamates (subject to hydrolysis) is 1. The third-order valence-electron chi connectivity index (χ3n) is 3.47. The van der Waals surface area contributed by atoms with Crippen LogP contribution in [0, 0.1) is 5.92 Å². The molecule has 23 heavy (non-hydrogen) atoms. The van der Waals surface area contributed by atoms with Gasteiger partial charge in [-0.2, -0.15) is 0 Å². The molecule has 1 aromatic rings. The van der Waals surface area contributed by atoms with Crippen LogP contribution in [0.25, 0.3) is 0 Å². The van der Waals surface area contributed by atoms with E-state index in [2.05, 4.69) is 26.9 Å². The molecule has 0 aliphatic carbocycles. The van der Waals surface area contributed by atoms with Crippen LogP contribution in [0.3, 0.4) is 0 Å². The highest BCUT2D eigenvalue weighted by Crippen LogP contribution is 2.10. The molecule has 0 saturated heterocycles. The van der Waals surface area contributed by atoms with Crippen molar-refractivity contribution in [2.45, 2.75) is 46.2 Å². The quantitative estimate of drug-likeness (QED) is 0.691. The Balaban J connectivity index is 2.88. The summed E-state index contributed by atoms with van der Waals surface area (Å²) in [6.45, 7) is 6.72. The van der Waals surface area contributed by atoms with Crippen LogP contribution in [0.5, 0.6) is 0 Å². The van der Waals surface area contributed by atoms with Crippen molar-refractivity contribution < 1.29 is 14.3 Å². The highest BCUT2D eigenvalue weighted by atomic mass is 16.5. The first-order valence-corrected chi connectivity index (χ1v) is 7.81. The topological polar surface area (TPSA) is 87.3 Å². The van der Waals surface area contributed by atoms with Gasteiger partial charge >= 0.3 is 6.09 Å². The molecular formula is C15H25BN4O3. The van der Waals surface area contributed by atoms with E-state index in [9.17, 15) is 9.59 Å². The number of nitrogens with zero attached hydrogens (tertiary/aromatic N) is 2. The number of carbonyl (C=O) groups is 2. The van der Waals surface area contributed by atoms with E-state index in [1.54, 1.807) is 4.90 Å². The van der Waals surface area contributed by atoms with Crippen LogP contribution in [0.15, 0.2) is 6.20 Å². The number of aromatic nitrogens is 2. The van der Waals surface area contributed by atoms with E-state index in [0.29, 0.717) is 24.5 Å². The molecule has 2 amide bonds. The normalized spacial score (nSPS) is 12.0. The summed E-state index contributed by atoms with van der Waals surface area (Å²) in [6.07, 6.45) is 2.73. The van der Waals surface area contributed by atoms with Crippen molar-refractivity contribution in [1.29, 1.82) is 0 Å². The fourth-order valence-electron chi connectivity index (χ4n) is 2.15. The van der Waals surface area contributed by atoms with E-state index in [-0.39, 0.29) is 11.8 Å². The number of aromatic amines is 1. The standard InChI is InChI=1S/C15H25BN4O3/c1-5-6-7-20(9-12-17-8-11(16)18-12)14(21)13(10(2)3)19-15(22)23-4/h8,10,13H,5-7,9H2,1-4H3,(H,17,18)(H,19,22)/t13-/m0/s1. The number of unbranched alkanes of at least 4 members (excludes halogenated alkanes) is 1. The summed E-state index contributed by atoms with van der Waals surface area (Å²) in [7, 11) is 6.90. The van der Waals surface area contributed by atoms with E-state index in [0.717, 1.165) is 12.8 Å². The summed E-state index contributed by atoms with van der Waals surface area (Å²) < 4.78 is 4.61. The lowest BCUT2D eigenvalue weighted by Crippen LogP contribution is -2.51. The molecule has 1 atom stereocenters. The van der Waals surface area contributed by atoms with E-state index >= 15 is 0 Å². The summed E-state index contributed by atoms with van der Waals surface area (Å²) >= 11 is 0. The van der Waals surface area contributed by atoms with Crippen LogP contribution in [0.1, 0.15) is 39.4 Å². The maximum Gasteiger partial charge on any atom is 0.407 e. The SMILES string of the molecule is [B]c1cnc(CN(CCCC)C(=O)[C@@H](NC(=O)OC)C(C)C)[nH]1. The second-order valence-electron chi connectivity index (χ2n) is 5.76. The minimum Gasteiger partial charge on any atom is -0.453 e. The minimum absolute atomic E-state index is 0.0626. The number of carbonyl (C=O) groups excluding carboxylic acids is 2. The molecule has 0 unspecified atom stereocenters. The number of amides is 2. The first kappa shape index (κ1) is 19.1. The van der Waals surface area contributed by atoms with Gasteiger partial charge in [-0.25, -0.2) is 9.78 Å². The summed E-state index contributed by atoms with van der Waals surface area (Å²) in [5.41, 5.74) is 0.455. The Morgan fingerprint density at radius 2 is 2.17 bits per heavy atom. The van der Waals surface area contributed by atoms with Crippen molar-refractivity contribution >= 4 is 25.4 Å². The van der Waals surface area contributed by atoms with E-state index in [1.807, 2.05) is 13.8 Å². The molecule has 2 radical (unpaired) electrons. The van der Waals surface area contributed by atoms with Crippen molar-refractivity contribution in [1.82, 2.24) is 20.2 Å². The van der Waals surface area contributed by atoms with Gasteiger partial charge in [0, 0.05) is 12.7 Å². The molecule has 1 rings (SSSR count). The lowest BCUT2D eigenvalue weighted by molar-refractivity contribution is -0.135. The van der Waals surface area contributed by atoms with E-state index < -0.39 is 12.1 Å². The molecule has 0 aliphatic heterocycles. The van der Waals surface area contributed by atoms with Crippen LogP contribution >= 0.6 is 0 Å². The zero-order valence-electron chi connectivity index (χ0n) is 14.3. The van der Waals surface area contributed by atoms with Gasteiger partial charge in [0.2, 0.25) is 5.91 Å². The number of hydrogen-bond acceptors (Lipinski definition) is 4. The molecule has 0 aliphatic rings. The van der Waals surface area contributed by atoms with Crippen LogP contribution in [-0.2, 0) is 16.1 Å². The molecular weight excluding hydrogens is 295 g/mol. The average Bonchev–Trinajstić information content (AvgIpc) is 2.92. The number of ether oxygens (including phenoxy) is 1. The zero-order chi connectivity index (χ0) is 17.4. The molecule has 1 heterocycles. The Kier molecular flexibility index (Phi) is 7.64. The van der Waals surface area contributed by atoms with Crippen LogP contribution in [0.4, 0.5) is 4.79 Å². The van der Waals surface area contributed by atoms with Gasteiger partial charge in [0.1, 0.15) is 19.7 Å². The predicted octanol–water partition coefficient (Wildman–Crippen LogP) is 0.713. The van der Waals surface area contributed by atoms with Gasteiger partial charge in [0.25, 0.3) is 0 Å². The molecule has 7 nitrogen and oxygen atoms in total. The molecule has 126 valence electrons. The van der Waals surface area contributed by atoms with Gasteiger partial charge in [-0.15, -0.1) is 0 Å².